The SMILES string of the molecule is NCCCCCc1nc2ccccc2o1. The molecule has 3 nitrogen and oxygen atoms in total. The Balaban J connectivity index is 1.97. The fourth-order valence-corrected chi connectivity index (χ4v) is 1.62. The highest BCUT2D eigenvalue weighted by molar-refractivity contribution is 5.72. The van der Waals surface area contributed by atoms with Gasteiger partial charge in [0.15, 0.2) is 11.5 Å². The molecule has 0 atom stereocenters. The zero-order valence-corrected chi connectivity index (χ0v) is 8.78. The van der Waals surface area contributed by atoms with Crippen molar-refractivity contribution in [3.8, 4) is 0 Å². The number of hydrogen-bond acceptors (Lipinski definition) is 3. The highest BCUT2D eigenvalue weighted by Gasteiger charge is 2.03. The van der Waals surface area contributed by atoms with Crippen molar-refractivity contribution < 1.29 is 4.42 Å². The van der Waals surface area contributed by atoms with E-state index in [1.807, 2.05) is 24.3 Å². The van der Waals surface area contributed by atoms with E-state index in [0.717, 1.165) is 49.2 Å². The number of hydrogen-bond donors (Lipinski definition) is 1. The van der Waals surface area contributed by atoms with Crippen LogP contribution in [0, 0.1) is 0 Å². The van der Waals surface area contributed by atoms with Gasteiger partial charge in [-0.3, -0.25) is 0 Å². The van der Waals surface area contributed by atoms with Crippen molar-refractivity contribution in [2.75, 3.05) is 6.54 Å². The molecule has 2 aromatic rings. The number of fused-ring (bicyclic) bond motifs is 1. The quantitative estimate of drug-likeness (QED) is 0.761. The second-order valence-corrected chi connectivity index (χ2v) is 3.67. The van der Waals surface area contributed by atoms with E-state index >= 15 is 0 Å². The van der Waals surface area contributed by atoms with Crippen LogP contribution in [-0.2, 0) is 6.42 Å². The molecule has 1 heterocycles. The topological polar surface area (TPSA) is 52.0 Å². The third-order valence-corrected chi connectivity index (χ3v) is 2.43. The fraction of sp³-hybridized carbons (Fsp3) is 0.417. The molecule has 15 heavy (non-hydrogen) atoms. The van der Waals surface area contributed by atoms with E-state index in [0.29, 0.717) is 0 Å². The number of para-hydroxylation sites is 2. The molecule has 0 saturated carbocycles. The van der Waals surface area contributed by atoms with Crippen LogP contribution < -0.4 is 5.73 Å². The van der Waals surface area contributed by atoms with Gasteiger partial charge in [0.2, 0.25) is 0 Å². The van der Waals surface area contributed by atoms with Crippen molar-refractivity contribution in [3.05, 3.63) is 30.2 Å². The Kier molecular flexibility index (Phi) is 3.35. The van der Waals surface area contributed by atoms with E-state index in [4.69, 9.17) is 10.2 Å². The maximum absolute atomic E-state index is 5.61. The zero-order chi connectivity index (χ0) is 10.5. The van der Waals surface area contributed by atoms with Crippen molar-refractivity contribution in [3.63, 3.8) is 0 Å². The summed E-state index contributed by atoms with van der Waals surface area (Å²) >= 11 is 0. The molecular formula is C12H16N2O. The molecule has 3 heteroatoms. The number of nitrogens with zero attached hydrogens (tertiary/aromatic N) is 1. The predicted octanol–water partition coefficient (Wildman–Crippen LogP) is 2.50. The lowest BCUT2D eigenvalue weighted by Crippen LogP contribution is -1.98. The first-order valence-electron chi connectivity index (χ1n) is 5.44. The van der Waals surface area contributed by atoms with E-state index in [9.17, 15) is 0 Å². The minimum absolute atomic E-state index is 0.771. The van der Waals surface area contributed by atoms with Crippen LogP contribution in [-0.4, -0.2) is 11.5 Å². The lowest BCUT2D eigenvalue weighted by atomic mass is 10.2. The van der Waals surface area contributed by atoms with Crippen molar-refractivity contribution in [1.29, 1.82) is 0 Å². The maximum atomic E-state index is 5.61. The van der Waals surface area contributed by atoms with Gasteiger partial charge in [-0.25, -0.2) is 4.98 Å². The van der Waals surface area contributed by atoms with Gasteiger partial charge in [0.05, 0.1) is 0 Å². The van der Waals surface area contributed by atoms with Crippen LogP contribution in [0.15, 0.2) is 28.7 Å². The molecule has 0 aliphatic rings. The van der Waals surface area contributed by atoms with Gasteiger partial charge in [-0.1, -0.05) is 18.6 Å². The number of nitrogens with two attached hydrogens (primary N) is 1. The standard InChI is InChI=1S/C12H16N2O/c13-9-5-1-2-8-12-14-10-6-3-4-7-11(10)15-12/h3-4,6-7H,1-2,5,8-9,13H2. The fourth-order valence-electron chi connectivity index (χ4n) is 1.62. The van der Waals surface area contributed by atoms with Gasteiger partial charge in [0.25, 0.3) is 0 Å². The molecule has 0 amide bonds. The summed E-state index contributed by atoms with van der Waals surface area (Å²) in [5, 5.41) is 0. The van der Waals surface area contributed by atoms with Crippen LogP contribution in [0.2, 0.25) is 0 Å². The van der Waals surface area contributed by atoms with E-state index < -0.39 is 0 Å². The van der Waals surface area contributed by atoms with Crippen LogP contribution in [0.1, 0.15) is 25.2 Å². The highest BCUT2D eigenvalue weighted by Crippen LogP contribution is 2.16. The summed E-state index contributed by atoms with van der Waals surface area (Å²) < 4.78 is 5.61. The molecule has 0 aliphatic carbocycles. The first-order chi connectivity index (χ1) is 7.40. The Morgan fingerprint density at radius 3 is 2.80 bits per heavy atom. The smallest absolute Gasteiger partial charge is 0.195 e. The van der Waals surface area contributed by atoms with Crippen LogP contribution in [0.5, 0.6) is 0 Å². The summed E-state index contributed by atoms with van der Waals surface area (Å²) in [5.74, 6) is 0.841. The van der Waals surface area contributed by atoms with Gasteiger partial charge < -0.3 is 10.2 Å². The first kappa shape index (κ1) is 10.2. The summed E-state index contributed by atoms with van der Waals surface area (Å²) in [6, 6.07) is 7.86. The number of aromatic nitrogens is 1. The molecule has 80 valence electrons. The third-order valence-electron chi connectivity index (χ3n) is 2.43. The summed E-state index contributed by atoms with van der Waals surface area (Å²) in [7, 11) is 0. The van der Waals surface area contributed by atoms with Crippen LogP contribution in [0.25, 0.3) is 11.1 Å². The summed E-state index contributed by atoms with van der Waals surface area (Å²) in [4.78, 5) is 4.41. The van der Waals surface area contributed by atoms with E-state index in [-0.39, 0.29) is 0 Å². The number of oxazole rings is 1. The van der Waals surface area contributed by atoms with Crippen LogP contribution in [0.3, 0.4) is 0 Å². The van der Waals surface area contributed by atoms with E-state index in [1.54, 1.807) is 0 Å². The van der Waals surface area contributed by atoms with Gasteiger partial charge in [-0.15, -0.1) is 0 Å². The Hall–Kier alpha value is -1.35. The number of unbranched alkanes of at least 4 members (excludes halogenated alkanes) is 2. The largest absolute Gasteiger partial charge is 0.441 e. The highest BCUT2D eigenvalue weighted by atomic mass is 16.3. The number of aryl methyl sites for hydroxylation is 1. The molecule has 0 aliphatic heterocycles. The zero-order valence-electron chi connectivity index (χ0n) is 8.78. The van der Waals surface area contributed by atoms with Crippen LogP contribution >= 0.6 is 0 Å². The second-order valence-electron chi connectivity index (χ2n) is 3.67. The first-order valence-corrected chi connectivity index (χ1v) is 5.44. The van der Waals surface area contributed by atoms with Gasteiger partial charge >= 0.3 is 0 Å². The summed E-state index contributed by atoms with van der Waals surface area (Å²) in [5.41, 5.74) is 7.26. The Bertz CT molecular complexity index is 389. The van der Waals surface area contributed by atoms with E-state index in [1.165, 1.54) is 0 Å². The summed E-state index contributed by atoms with van der Waals surface area (Å²) in [6.45, 7) is 0.771. The molecule has 0 fully saturated rings. The van der Waals surface area contributed by atoms with Gasteiger partial charge in [-0.2, -0.15) is 0 Å². The number of benzene rings is 1. The van der Waals surface area contributed by atoms with Crippen molar-refractivity contribution >= 4 is 11.1 Å². The molecule has 2 N–H and O–H groups in total. The molecule has 0 spiro atoms. The van der Waals surface area contributed by atoms with Crippen molar-refractivity contribution in [1.82, 2.24) is 4.98 Å². The molecule has 0 radical (unpaired) electrons. The Morgan fingerprint density at radius 1 is 1.13 bits per heavy atom. The lowest BCUT2D eigenvalue weighted by molar-refractivity contribution is 0.511. The average Bonchev–Trinajstić information content (AvgIpc) is 2.67. The molecule has 0 unspecified atom stereocenters. The predicted molar refractivity (Wildman–Crippen MR) is 60.6 cm³/mol. The third kappa shape index (κ3) is 2.57. The normalized spacial score (nSPS) is 11.0. The molecule has 2 rings (SSSR count). The molecule has 1 aromatic carbocycles. The second kappa shape index (κ2) is 4.94. The van der Waals surface area contributed by atoms with Gasteiger partial charge in [-0.05, 0) is 31.5 Å². The number of rotatable bonds is 5. The monoisotopic (exact) mass is 204 g/mol. The van der Waals surface area contributed by atoms with Crippen molar-refractivity contribution in [2.24, 2.45) is 5.73 Å². The van der Waals surface area contributed by atoms with Crippen LogP contribution in [0.4, 0.5) is 0 Å². The van der Waals surface area contributed by atoms with Gasteiger partial charge in [0, 0.05) is 6.42 Å². The van der Waals surface area contributed by atoms with Gasteiger partial charge in [0.1, 0.15) is 5.52 Å². The average molecular weight is 204 g/mol. The Labute approximate surface area is 89.3 Å². The summed E-state index contributed by atoms with van der Waals surface area (Å²) in [6.07, 6.45) is 4.24. The minimum Gasteiger partial charge on any atom is -0.441 e. The maximum Gasteiger partial charge on any atom is 0.195 e. The molecular weight excluding hydrogens is 188 g/mol. The minimum atomic E-state index is 0.771. The lowest BCUT2D eigenvalue weighted by Gasteiger charge is -1.94. The van der Waals surface area contributed by atoms with Crippen molar-refractivity contribution in [2.45, 2.75) is 25.7 Å². The molecule has 0 saturated heterocycles. The molecule has 1 aromatic heterocycles. The molecule has 0 bridgehead atoms. The Morgan fingerprint density at radius 2 is 2.00 bits per heavy atom. The van der Waals surface area contributed by atoms with E-state index in [2.05, 4.69) is 4.98 Å².